The minimum atomic E-state index is -0.193. The van der Waals surface area contributed by atoms with Crippen molar-refractivity contribution >= 4 is 6.09 Å². The summed E-state index contributed by atoms with van der Waals surface area (Å²) in [5.41, 5.74) is -0.0684. The van der Waals surface area contributed by atoms with Gasteiger partial charge in [-0.05, 0) is 33.6 Å². The third-order valence-corrected chi connectivity index (χ3v) is 2.98. The molecule has 3 nitrogen and oxygen atoms in total. The predicted octanol–water partition coefficient (Wildman–Crippen LogP) is 3.04. The van der Waals surface area contributed by atoms with E-state index in [1.165, 1.54) is 0 Å². The molecular formula is C11H23NO2. The molecule has 84 valence electrons. The fourth-order valence-corrected chi connectivity index (χ4v) is 1.56. The quantitative estimate of drug-likeness (QED) is 0.684. The number of rotatable bonds is 5. The van der Waals surface area contributed by atoms with Gasteiger partial charge in [0, 0.05) is 12.1 Å². The normalized spacial score (nSPS) is 11.2. The van der Waals surface area contributed by atoms with Gasteiger partial charge in [-0.25, -0.2) is 4.79 Å². The Morgan fingerprint density at radius 2 is 1.71 bits per heavy atom. The van der Waals surface area contributed by atoms with Crippen LogP contribution in [0, 0.1) is 0 Å². The first kappa shape index (κ1) is 13.3. The molecule has 14 heavy (non-hydrogen) atoms. The van der Waals surface area contributed by atoms with Crippen LogP contribution in [0.2, 0.25) is 0 Å². The Bertz CT molecular complexity index is 176. The summed E-state index contributed by atoms with van der Waals surface area (Å²) in [5.74, 6) is 0. The molecule has 0 radical (unpaired) electrons. The van der Waals surface area contributed by atoms with E-state index in [2.05, 4.69) is 20.8 Å². The molecule has 0 aromatic rings. The molecule has 0 saturated heterocycles. The van der Waals surface area contributed by atoms with Crippen molar-refractivity contribution in [2.24, 2.45) is 0 Å². The standard InChI is InChI=1S/C11H23NO2/c1-6-11(5,7-2)12(8-3)10(13)14-9-4/h6-9H2,1-5H3. The van der Waals surface area contributed by atoms with Crippen LogP contribution in [-0.4, -0.2) is 29.7 Å². The number of hydrogen-bond acceptors (Lipinski definition) is 2. The molecule has 0 N–H and O–H groups in total. The van der Waals surface area contributed by atoms with Gasteiger partial charge in [0.15, 0.2) is 0 Å². The average molecular weight is 201 g/mol. The Balaban J connectivity index is 4.59. The van der Waals surface area contributed by atoms with E-state index in [4.69, 9.17) is 4.74 Å². The highest BCUT2D eigenvalue weighted by atomic mass is 16.6. The molecule has 0 heterocycles. The second-order valence-electron chi connectivity index (χ2n) is 3.65. The highest BCUT2D eigenvalue weighted by Gasteiger charge is 2.31. The van der Waals surface area contributed by atoms with Crippen LogP contribution >= 0.6 is 0 Å². The highest BCUT2D eigenvalue weighted by molar-refractivity contribution is 5.68. The molecule has 3 heteroatoms. The summed E-state index contributed by atoms with van der Waals surface area (Å²) in [7, 11) is 0. The van der Waals surface area contributed by atoms with Crippen molar-refractivity contribution in [2.45, 2.75) is 53.0 Å². The summed E-state index contributed by atoms with van der Waals surface area (Å²) in [6.07, 6.45) is 1.72. The zero-order valence-corrected chi connectivity index (χ0v) is 10.1. The Hall–Kier alpha value is -0.730. The van der Waals surface area contributed by atoms with Gasteiger partial charge in [-0.15, -0.1) is 0 Å². The van der Waals surface area contributed by atoms with Gasteiger partial charge in [-0.3, -0.25) is 0 Å². The first-order chi connectivity index (χ1) is 6.55. The van der Waals surface area contributed by atoms with Crippen molar-refractivity contribution in [3.05, 3.63) is 0 Å². The number of nitrogens with zero attached hydrogens (tertiary/aromatic N) is 1. The number of ether oxygens (including phenoxy) is 1. The first-order valence-corrected chi connectivity index (χ1v) is 5.50. The lowest BCUT2D eigenvalue weighted by Crippen LogP contribution is -2.49. The van der Waals surface area contributed by atoms with Crippen LogP contribution in [0.15, 0.2) is 0 Å². The molecule has 0 saturated carbocycles. The fourth-order valence-electron chi connectivity index (χ4n) is 1.56. The van der Waals surface area contributed by atoms with Gasteiger partial charge < -0.3 is 9.64 Å². The van der Waals surface area contributed by atoms with Gasteiger partial charge >= 0.3 is 6.09 Å². The molecule has 0 rings (SSSR count). The van der Waals surface area contributed by atoms with E-state index in [0.717, 1.165) is 12.8 Å². The molecular weight excluding hydrogens is 178 g/mol. The number of amides is 1. The second-order valence-corrected chi connectivity index (χ2v) is 3.65. The molecule has 0 aromatic carbocycles. The lowest BCUT2D eigenvalue weighted by Gasteiger charge is -2.38. The predicted molar refractivity (Wildman–Crippen MR) is 58.4 cm³/mol. The number of carbonyl (C=O) groups excluding carboxylic acids is 1. The summed E-state index contributed by atoms with van der Waals surface area (Å²) in [6, 6.07) is 0. The third kappa shape index (κ3) is 2.89. The lowest BCUT2D eigenvalue weighted by atomic mass is 9.93. The zero-order chi connectivity index (χ0) is 11.2. The second kappa shape index (κ2) is 5.89. The molecule has 0 fully saturated rings. The largest absolute Gasteiger partial charge is 0.450 e. The monoisotopic (exact) mass is 201 g/mol. The van der Waals surface area contributed by atoms with E-state index in [9.17, 15) is 4.79 Å². The lowest BCUT2D eigenvalue weighted by molar-refractivity contribution is 0.0575. The van der Waals surface area contributed by atoms with E-state index in [-0.39, 0.29) is 11.6 Å². The highest BCUT2D eigenvalue weighted by Crippen LogP contribution is 2.23. The van der Waals surface area contributed by atoms with Crippen LogP contribution in [0.5, 0.6) is 0 Å². The van der Waals surface area contributed by atoms with E-state index >= 15 is 0 Å². The van der Waals surface area contributed by atoms with Crippen LogP contribution in [-0.2, 0) is 4.74 Å². The van der Waals surface area contributed by atoms with Crippen molar-refractivity contribution in [1.29, 1.82) is 0 Å². The van der Waals surface area contributed by atoms with Crippen LogP contribution in [0.1, 0.15) is 47.5 Å². The van der Waals surface area contributed by atoms with Crippen LogP contribution in [0.4, 0.5) is 4.79 Å². The van der Waals surface area contributed by atoms with E-state index in [1.807, 2.05) is 18.7 Å². The summed E-state index contributed by atoms with van der Waals surface area (Å²) < 4.78 is 5.03. The Labute approximate surface area is 87.4 Å². The first-order valence-electron chi connectivity index (χ1n) is 5.50. The van der Waals surface area contributed by atoms with Gasteiger partial charge in [0.2, 0.25) is 0 Å². The number of carbonyl (C=O) groups is 1. The minimum absolute atomic E-state index is 0.0684. The van der Waals surface area contributed by atoms with Crippen LogP contribution in [0.25, 0.3) is 0 Å². The van der Waals surface area contributed by atoms with Crippen LogP contribution < -0.4 is 0 Å². The maximum Gasteiger partial charge on any atom is 0.410 e. The minimum Gasteiger partial charge on any atom is -0.450 e. The van der Waals surface area contributed by atoms with Gasteiger partial charge in [0.05, 0.1) is 6.61 Å². The molecule has 0 aromatic heterocycles. The fraction of sp³-hybridized carbons (Fsp3) is 0.909. The maximum atomic E-state index is 11.6. The Morgan fingerprint density at radius 3 is 2.00 bits per heavy atom. The number of hydrogen-bond donors (Lipinski definition) is 0. The molecule has 0 bridgehead atoms. The molecule has 0 aliphatic heterocycles. The molecule has 0 atom stereocenters. The SMILES string of the molecule is CCOC(=O)N(CC)C(C)(CC)CC. The summed E-state index contributed by atoms with van der Waals surface area (Å²) in [6.45, 7) is 11.3. The molecule has 0 aliphatic rings. The topological polar surface area (TPSA) is 29.5 Å². The smallest absolute Gasteiger partial charge is 0.410 e. The van der Waals surface area contributed by atoms with E-state index in [1.54, 1.807) is 0 Å². The summed E-state index contributed by atoms with van der Waals surface area (Å²) in [5, 5.41) is 0. The Kier molecular flexibility index (Phi) is 5.58. The van der Waals surface area contributed by atoms with Crippen LogP contribution in [0.3, 0.4) is 0 Å². The van der Waals surface area contributed by atoms with E-state index < -0.39 is 0 Å². The maximum absolute atomic E-state index is 11.6. The van der Waals surface area contributed by atoms with Crippen molar-refractivity contribution in [3.63, 3.8) is 0 Å². The van der Waals surface area contributed by atoms with Crippen molar-refractivity contribution in [3.8, 4) is 0 Å². The molecule has 0 unspecified atom stereocenters. The van der Waals surface area contributed by atoms with Crippen molar-refractivity contribution < 1.29 is 9.53 Å². The van der Waals surface area contributed by atoms with E-state index in [0.29, 0.717) is 13.2 Å². The Morgan fingerprint density at radius 1 is 1.21 bits per heavy atom. The van der Waals surface area contributed by atoms with Gasteiger partial charge in [0.1, 0.15) is 0 Å². The molecule has 0 spiro atoms. The van der Waals surface area contributed by atoms with Gasteiger partial charge in [-0.1, -0.05) is 13.8 Å². The molecule has 1 amide bonds. The summed E-state index contributed by atoms with van der Waals surface area (Å²) in [4.78, 5) is 13.5. The van der Waals surface area contributed by atoms with Crippen molar-refractivity contribution in [2.75, 3.05) is 13.2 Å². The molecule has 0 aliphatic carbocycles. The van der Waals surface area contributed by atoms with Crippen molar-refractivity contribution in [1.82, 2.24) is 4.90 Å². The van der Waals surface area contributed by atoms with Gasteiger partial charge in [-0.2, -0.15) is 0 Å². The van der Waals surface area contributed by atoms with Gasteiger partial charge in [0.25, 0.3) is 0 Å². The summed E-state index contributed by atoms with van der Waals surface area (Å²) >= 11 is 0. The third-order valence-electron chi connectivity index (χ3n) is 2.98. The average Bonchev–Trinajstić information content (AvgIpc) is 2.19. The zero-order valence-electron chi connectivity index (χ0n) is 10.1.